The largest absolute Gasteiger partial charge is 0.494 e. The van der Waals surface area contributed by atoms with Crippen LogP contribution in [0, 0.1) is 23.3 Å². The number of hydrogen-bond donors (Lipinski definition) is 3. The first-order chi connectivity index (χ1) is 27.7. The van der Waals surface area contributed by atoms with E-state index in [1.165, 1.54) is 63.5 Å². The summed E-state index contributed by atoms with van der Waals surface area (Å²) >= 11 is 5.20. The average molecular weight is 828 g/mol. The molecule has 1 amide bonds. The highest BCUT2D eigenvalue weighted by Gasteiger charge is 2.37. The third-order valence-corrected chi connectivity index (χ3v) is 10.1. The molecule has 0 spiro atoms. The number of pyridine rings is 4. The summed E-state index contributed by atoms with van der Waals surface area (Å²) in [6.07, 6.45) is 10.3. The highest BCUT2D eigenvalue weighted by molar-refractivity contribution is 6.30. The summed E-state index contributed by atoms with van der Waals surface area (Å²) < 4.78 is 80.6. The van der Waals surface area contributed by atoms with E-state index in [0.717, 1.165) is 30.7 Å². The minimum Gasteiger partial charge on any atom is -0.494 e. The highest BCUT2D eigenvalue weighted by Crippen LogP contribution is 2.41. The molecule has 58 heavy (non-hydrogen) atoms. The molecular weight excluding hydrogens is 788 g/mol. The lowest BCUT2D eigenvalue weighted by Gasteiger charge is -2.28. The lowest BCUT2D eigenvalue weighted by molar-refractivity contribution is -0.0412. The number of hydrogen-bond acceptors (Lipinski definition) is 6. The molecule has 1 atom stereocenters. The number of fused-ring (bicyclic) bond motifs is 2. The number of ether oxygens (including phenoxy) is 1. The monoisotopic (exact) mass is 827 g/mol. The second-order valence-corrected chi connectivity index (χ2v) is 14.1. The number of H-pyrrole nitrogens is 2. The molecule has 9 nitrogen and oxygen atoms in total. The highest BCUT2D eigenvalue weighted by atomic mass is 35.5. The lowest BCUT2D eigenvalue weighted by Crippen LogP contribution is -2.26. The molecule has 2 saturated carbocycles. The van der Waals surface area contributed by atoms with E-state index in [4.69, 9.17) is 11.6 Å². The van der Waals surface area contributed by atoms with E-state index in [-0.39, 0.29) is 52.0 Å². The Hall–Kier alpha value is -5.70. The lowest BCUT2D eigenvalue weighted by atomic mass is 9.84. The van der Waals surface area contributed by atoms with Gasteiger partial charge in [-0.05, 0) is 68.0 Å². The second-order valence-electron chi connectivity index (χ2n) is 13.7. The Bertz CT molecular complexity index is 2470. The van der Waals surface area contributed by atoms with Gasteiger partial charge >= 0.3 is 0 Å². The predicted octanol–water partition coefficient (Wildman–Crippen LogP) is 9.75. The zero-order valence-corrected chi connectivity index (χ0v) is 32.2. The molecule has 2 aliphatic rings. The second kappa shape index (κ2) is 19.6. The van der Waals surface area contributed by atoms with E-state index in [2.05, 4.69) is 30.0 Å². The van der Waals surface area contributed by atoms with Gasteiger partial charge in [0.1, 0.15) is 5.69 Å². The number of nitrogens with one attached hydrogen (secondary N) is 3. The van der Waals surface area contributed by atoms with Crippen molar-refractivity contribution in [3.8, 4) is 5.75 Å². The standard InChI is InChI=1S/C15H17N3O2.C14H14F2N2O.C7H6F2O.C6H3ClF2/c1-16-15(20)14-13-10(6-7-17-14)18-11(8-12(13)19)9-4-2-3-5-9;15-14(16)4-1-2-9(7-14)12-6-13(19)10-8-17-5-3-11(10)18-12;1-10-6-4-2-3-5(8)7(6)9;7-4-2-1-3-5(8)6(4)9/h6-9H,2-5H2,1H3,(H,16,20)(H,18,19);3,5-6,8-9H,1-2,4,7H2,(H,18,19);2-4H,1H3;1-3H/t;9-;;/m.0../s1. The molecule has 3 N–H and O–H groups in total. The molecule has 0 bridgehead atoms. The van der Waals surface area contributed by atoms with Crippen molar-refractivity contribution in [3.63, 3.8) is 0 Å². The van der Waals surface area contributed by atoms with Crippen LogP contribution in [0.1, 0.15) is 85.1 Å². The molecule has 8 rings (SSSR count). The number of carbonyl (C=O) groups excluding carboxylic acids is 1. The van der Waals surface area contributed by atoms with Crippen LogP contribution < -0.4 is 20.9 Å². The van der Waals surface area contributed by atoms with Crippen LogP contribution in [-0.2, 0) is 0 Å². The molecule has 2 aliphatic carbocycles. The normalized spacial score (nSPS) is 15.9. The van der Waals surface area contributed by atoms with Crippen molar-refractivity contribution in [2.45, 2.75) is 69.1 Å². The van der Waals surface area contributed by atoms with Crippen molar-refractivity contribution in [1.29, 1.82) is 0 Å². The molecule has 0 unspecified atom stereocenters. The van der Waals surface area contributed by atoms with E-state index >= 15 is 0 Å². The summed E-state index contributed by atoms with van der Waals surface area (Å²) in [6.45, 7) is 0. The Morgan fingerprint density at radius 3 is 2.09 bits per heavy atom. The summed E-state index contributed by atoms with van der Waals surface area (Å²) in [4.78, 5) is 50.5. The fraction of sp³-hybridized carbons (Fsp3) is 0.310. The quantitative estimate of drug-likeness (QED) is 0.120. The van der Waals surface area contributed by atoms with Gasteiger partial charge in [-0.15, -0.1) is 0 Å². The first-order valence-corrected chi connectivity index (χ1v) is 18.8. The van der Waals surface area contributed by atoms with Gasteiger partial charge in [-0.2, -0.15) is 4.39 Å². The number of alkyl halides is 2. The first kappa shape index (κ1) is 43.4. The topological polar surface area (TPSA) is 130 Å². The summed E-state index contributed by atoms with van der Waals surface area (Å²) in [5, 5.41) is 3.19. The van der Waals surface area contributed by atoms with Crippen LogP contribution >= 0.6 is 11.6 Å². The van der Waals surface area contributed by atoms with Crippen LogP contribution in [-0.4, -0.2) is 45.9 Å². The Morgan fingerprint density at radius 2 is 1.45 bits per heavy atom. The van der Waals surface area contributed by atoms with Crippen molar-refractivity contribution < 1.29 is 35.9 Å². The van der Waals surface area contributed by atoms with Gasteiger partial charge in [0.2, 0.25) is 11.7 Å². The van der Waals surface area contributed by atoms with Gasteiger partial charge in [-0.3, -0.25) is 24.4 Å². The van der Waals surface area contributed by atoms with E-state index in [0.29, 0.717) is 46.3 Å². The number of rotatable bonds is 4. The summed E-state index contributed by atoms with van der Waals surface area (Å²) in [5.41, 5.74) is 2.83. The van der Waals surface area contributed by atoms with Crippen LogP contribution in [0.5, 0.6) is 5.75 Å². The third kappa shape index (κ3) is 10.8. The summed E-state index contributed by atoms with van der Waals surface area (Å²) in [5.74, 6) is -6.59. The minimum atomic E-state index is -2.62. The third-order valence-electron chi connectivity index (χ3n) is 9.77. The Labute approximate surface area is 333 Å². The van der Waals surface area contributed by atoms with Gasteiger partial charge in [0.25, 0.3) is 5.91 Å². The van der Waals surface area contributed by atoms with Crippen LogP contribution in [0.15, 0.2) is 88.8 Å². The molecule has 4 heterocycles. The van der Waals surface area contributed by atoms with Gasteiger partial charge < -0.3 is 20.0 Å². The maximum absolute atomic E-state index is 13.5. The molecule has 306 valence electrons. The van der Waals surface area contributed by atoms with Gasteiger partial charge in [-0.25, -0.2) is 22.0 Å². The number of aromatic amines is 2. The SMILES string of the molecule is CNC(=O)c1nccc2[nH]c(C3CCCC3)cc(=O)c12.COc1cccc(F)c1F.Fc1cccc(Cl)c1F.O=c1cc([C@H]2CCCC(F)(F)C2)[nH]c2ccncc12. The number of halogens is 7. The van der Waals surface area contributed by atoms with Gasteiger partial charge in [0, 0.05) is 67.9 Å². The van der Waals surface area contributed by atoms with E-state index < -0.39 is 29.2 Å². The first-order valence-electron chi connectivity index (χ1n) is 18.4. The Morgan fingerprint density at radius 1 is 0.828 bits per heavy atom. The van der Waals surface area contributed by atoms with Crippen molar-refractivity contribution >= 4 is 39.3 Å². The maximum Gasteiger partial charge on any atom is 0.270 e. The zero-order valence-electron chi connectivity index (χ0n) is 31.5. The van der Waals surface area contributed by atoms with Gasteiger partial charge in [0.15, 0.2) is 34.1 Å². The summed E-state index contributed by atoms with van der Waals surface area (Å²) in [6, 6.07) is 14.0. The number of benzene rings is 2. The molecular formula is C42H40ClF6N5O4. The molecule has 0 saturated heterocycles. The van der Waals surface area contributed by atoms with Gasteiger partial charge in [-0.1, -0.05) is 36.6 Å². The predicted molar refractivity (Wildman–Crippen MR) is 210 cm³/mol. The number of aromatic nitrogens is 4. The molecule has 0 radical (unpaired) electrons. The molecule has 6 aromatic rings. The van der Waals surface area contributed by atoms with E-state index in [1.54, 1.807) is 30.6 Å². The van der Waals surface area contributed by atoms with Crippen LogP contribution in [0.2, 0.25) is 5.02 Å². The van der Waals surface area contributed by atoms with E-state index in [1.807, 2.05) is 0 Å². The molecule has 16 heteroatoms. The molecule has 2 fully saturated rings. The smallest absolute Gasteiger partial charge is 0.270 e. The van der Waals surface area contributed by atoms with Crippen molar-refractivity contribution in [3.05, 3.63) is 145 Å². The maximum atomic E-state index is 13.5. The van der Waals surface area contributed by atoms with Crippen molar-refractivity contribution in [1.82, 2.24) is 25.3 Å². The summed E-state index contributed by atoms with van der Waals surface area (Å²) in [7, 11) is 2.82. The van der Waals surface area contributed by atoms with E-state index in [9.17, 15) is 40.7 Å². The van der Waals surface area contributed by atoms with Crippen molar-refractivity contribution in [2.24, 2.45) is 0 Å². The number of nitrogens with zero attached hydrogens (tertiary/aromatic N) is 2. The number of methoxy groups -OCH3 is 1. The zero-order chi connectivity index (χ0) is 42.0. The number of amides is 1. The average Bonchev–Trinajstić information content (AvgIpc) is 3.76. The van der Waals surface area contributed by atoms with Crippen LogP contribution in [0.4, 0.5) is 26.3 Å². The van der Waals surface area contributed by atoms with Gasteiger partial charge in [0.05, 0.1) is 33.9 Å². The van der Waals surface area contributed by atoms with Crippen LogP contribution in [0.25, 0.3) is 21.8 Å². The molecule has 2 aromatic carbocycles. The number of carbonyl (C=O) groups is 1. The van der Waals surface area contributed by atoms with Crippen molar-refractivity contribution in [2.75, 3.05) is 14.2 Å². The Kier molecular flexibility index (Phi) is 14.7. The fourth-order valence-corrected chi connectivity index (χ4v) is 7.02. The molecule has 0 aliphatic heterocycles. The minimum absolute atomic E-state index is 0.0504. The fourth-order valence-electron chi connectivity index (χ4n) is 6.85. The molecule has 4 aromatic heterocycles. The van der Waals surface area contributed by atoms with Crippen LogP contribution in [0.3, 0.4) is 0 Å². The Balaban J connectivity index is 0.000000156.